The lowest BCUT2D eigenvalue weighted by molar-refractivity contribution is -0.123. The molecular formula is C50H85ClN16O8. The normalized spacial score (nSPS) is 13.2. The van der Waals surface area contributed by atoms with E-state index in [4.69, 9.17) is 65.9 Å². The minimum absolute atomic E-state index is 0.0882. The molecule has 2 atom stereocenters. The molecule has 0 saturated carbocycles. The number of halogens is 1. The van der Waals surface area contributed by atoms with Crippen LogP contribution in [0, 0.1) is 0 Å². The highest BCUT2D eigenvalue weighted by Crippen LogP contribution is 2.18. The number of hydrogen-bond acceptors (Lipinski definition) is 16. The standard InChI is InChI=1S/C50H85ClN16O8/c1-49(2,3)74-47(71)62-37(54)20-11-7-9-18-35(52)43(68)59-27-15-29-67(30-16-28-60-44(69)36(53)19-10-8-12-21-38(55)63-48(72)75-50(4,5)6)31-32-73-34-24-22-33(23-25-34)17-13-14-26-61-46(58)66-45(70)39-41(56)65-42(57)40(51)64-39/h22-25,35-36H,7-21,26-32,52-53H2,1-6H3,(H,59,68)(H,60,69)(H2,54,62,71)(H2,55,63,72)(H4,56,57,65)(H3,58,61,66,70)/t35-,36-/m0/s1. The Kier molecular flexibility index (Phi) is 29.6. The Bertz CT molecular complexity index is 2120. The first kappa shape index (κ1) is 64.7. The summed E-state index contributed by atoms with van der Waals surface area (Å²) < 4.78 is 16.5. The summed E-state index contributed by atoms with van der Waals surface area (Å²) in [7, 11) is 0. The molecule has 2 rings (SSSR count). The van der Waals surface area contributed by atoms with E-state index in [2.05, 4.69) is 45.8 Å². The molecule has 0 aliphatic rings. The predicted molar refractivity (Wildman–Crippen MR) is 294 cm³/mol. The van der Waals surface area contributed by atoms with Gasteiger partial charge in [0.2, 0.25) is 11.8 Å². The number of ether oxygens (including phenoxy) is 3. The van der Waals surface area contributed by atoms with Gasteiger partial charge >= 0.3 is 12.2 Å². The smallest absolute Gasteiger partial charge is 0.435 e. The molecule has 0 spiro atoms. The second-order valence-electron chi connectivity index (χ2n) is 20.0. The maximum atomic E-state index is 12.8. The van der Waals surface area contributed by atoms with E-state index >= 15 is 0 Å². The fraction of sp³-hybridized carbons (Fsp3) is 0.640. The molecule has 24 nitrogen and oxygen atoms in total. The van der Waals surface area contributed by atoms with Gasteiger partial charge in [0, 0.05) is 39.0 Å². The summed E-state index contributed by atoms with van der Waals surface area (Å²) in [5.41, 5.74) is 40.9. The van der Waals surface area contributed by atoms with E-state index in [1.54, 1.807) is 41.5 Å². The van der Waals surface area contributed by atoms with Gasteiger partial charge in [0.15, 0.2) is 28.4 Å². The second kappa shape index (κ2) is 34.2. The monoisotopic (exact) mass is 1070 g/mol. The van der Waals surface area contributed by atoms with Gasteiger partial charge in [0.25, 0.3) is 5.91 Å². The summed E-state index contributed by atoms with van der Waals surface area (Å²) >= 11 is 5.86. The summed E-state index contributed by atoms with van der Waals surface area (Å²) in [5.74, 6) is -0.380. The Morgan fingerprint density at radius 3 is 1.67 bits per heavy atom. The Labute approximate surface area is 446 Å². The first-order valence-corrected chi connectivity index (χ1v) is 26.0. The van der Waals surface area contributed by atoms with Crippen LogP contribution in [0.25, 0.3) is 0 Å². The van der Waals surface area contributed by atoms with Crippen LogP contribution in [0.5, 0.6) is 5.75 Å². The van der Waals surface area contributed by atoms with E-state index < -0.39 is 41.4 Å². The highest BCUT2D eigenvalue weighted by molar-refractivity contribution is 6.31. The van der Waals surface area contributed by atoms with Crippen molar-refractivity contribution in [3.63, 3.8) is 0 Å². The van der Waals surface area contributed by atoms with Crippen LogP contribution in [-0.2, 0) is 25.5 Å². The number of carbonyl (C=O) groups is 5. The Morgan fingerprint density at radius 1 is 0.667 bits per heavy atom. The molecule has 0 aliphatic carbocycles. The predicted octanol–water partition coefficient (Wildman–Crippen LogP) is 4.20. The van der Waals surface area contributed by atoms with Gasteiger partial charge in [-0.15, -0.1) is 0 Å². The summed E-state index contributed by atoms with van der Waals surface area (Å²) in [4.78, 5) is 83.5. The van der Waals surface area contributed by atoms with Crippen LogP contribution in [-0.4, -0.2) is 132 Å². The molecule has 0 radical (unpaired) electrons. The molecule has 1 aromatic heterocycles. The summed E-state index contributed by atoms with van der Waals surface area (Å²) in [6.07, 6.45) is 8.44. The summed E-state index contributed by atoms with van der Waals surface area (Å²) in [5, 5.41) is 8.18. The first-order chi connectivity index (χ1) is 35.3. The van der Waals surface area contributed by atoms with Crippen molar-refractivity contribution >= 4 is 70.8 Å². The van der Waals surface area contributed by atoms with Crippen molar-refractivity contribution in [2.75, 3.05) is 57.3 Å². The number of nitrogens with zero attached hydrogens (tertiary/aromatic N) is 6. The summed E-state index contributed by atoms with van der Waals surface area (Å²) in [6.45, 7) is 14.1. The molecule has 0 aliphatic heterocycles. The molecular weight excluding hydrogens is 988 g/mol. The van der Waals surface area contributed by atoms with Gasteiger partial charge in [-0.2, -0.15) is 9.98 Å². The van der Waals surface area contributed by atoms with Crippen LogP contribution >= 0.6 is 11.6 Å². The number of aliphatic imine (C=N–C) groups is 3. The fourth-order valence-electron chi connectivity index (χ4n) is 7.01. The average molecular weight is 1070 g/mol. The summed E-state index contributed by atoms with van der Waals surface area (Å²) in [6, 6.07) is 6.55. The topological polar surface area (TPSA) is 397 Å². The first-order valence-electron chi connectivity index (χ1n) is 25.6. The van der Waals surface area contributed by atoms with E-state index in [1.807, 2.05) is 24.3 Å². The van der Waals surface area contributed by atoms with E-state index in [1.165, 1.54) is 0 Å². The van der Waals surface area contributed by atoms with Crippen molar-refractivity contribution in [1.82, 2.24) is 30.8 Å². The number of guanidine groups is 1. The maximum Gasteiger partial charge on any atom is 0.435 e. The number of aromatic nitrogens is 2. The zero-order valence-electron chi connectivity index (χ0n) is 44.9. The number of amides is 5. The molecule has 75 heavy (non-hydrogen) atoms. The van der Waals surface area contributed by atoms with Crippen molar-refractivity contribution in [2.45, 2.75) is 161 Å². The number of nitrogens with one attached hydrogen (secondary N) is 3. The van der Waals surface area contributed by atoms with Crippen LogP contribution < -0.4 is 60.8 Å². The number of benzene rings is 1. The molecule has 25 heteroatoms. The maximum absolute atomic E-state index is 12.8. The minimum atomic E-state index is -0.716. The van der Waals surface area contributed by atoms with E-state index in [9.17, 15) is 24.0 Å². The molecule has 1 heterocycles. The van der Waals surface area contributed by atoms with Crippen molar-refractivity contribution < 1.29 is 38.2 Å². The number of nitrogen functional groups attached to an aromatic ring is 2. The zero-order valence-corrected chi connectivity index (χ0v) is 45.6. The third-order valence-electron chi connectivity index (χ3n) is 10.8. The van der Waals surface area contributed by atoms with E-state index in [-0.39, 0.29) is 51.9 Å². The number of aryl methyl sites for hydroxylation is 1. The largest absolute Gasteiger partial charge is 0.492 e. The lowest BCUT2D eigenvalue weighted by Gasteiger charge is -2.23. The van der Waals surface area contributed by atoms with Crippen molar-refractivity contribution in [3.05, 3.63) is 40.7 Å². The van der Waals surface area contributed by atoms with Crippen LogP contribution in [0.15, 0.2) is 39.2 Å². The minimum Gasteiger partial charge on any atom is -0.492 e. The SMILES string of the molecule is CC(C)(C)OC(=O)N=C(N)CCCCC[C@H](N)C(=O)NCCCN(CCCNC(=O)[C@@H](N)CCCCCC(N)=NC(=O)OC(C)(C)C)CCOc1ccc(CCCCN=C(N)NC(=O)c2nc(Cl)c(N)nc2N)cc1. The van der Waals surface area contributed by atoms with Crippen molar-refractivity contribution in [1.29, 1.82) is 0 Å². The van der Waals surface area contributed by atoms with Crippen LogP contribution in [0.4, 0.5) is 21.2 Å². The van der Waals surface area contributed by atoms with E-state index in [0.717, 1.165) is 37.0 Å². The number of amidine groups is 2. The molecule has 0 unspecified atom stereocenters. The van der Waals surface area contributed by atoms with Crippen LogP contribution in [0.1, 0.15) is 147 Å². The molecule has 2 aromatic rings. The molecule has 0 saturated heterocycles. The lowest BCUT2D eigenvalue weighted by atomic mass is 10.1. The number of anilines is 2. The van der Waals surface area contributed by atoms with Gasteiger partial charge in [-0.1, -0.05) is 49.4 Å². The Balaban J connectivity index is 1.82. The van der Waals surface area contributed by atoms with Crippen molar-refractivity contribution in [3.8, 4) is 5.75 Å². The molecule has 0 fully saturated rings. The molecule has 420 valence electrons. The van der Waals surface area contributed by atoms with Gasteiger partial charge in [-0.3, -0.25) is 29.6 Å². The van der Waals surface area contributed by atoms with Gasteiger partial charge in [0.05, 0.1) is 12.1 Å². The highest BCUT2D eigenvalue weighted by atomic mass is 35.5. The van der Waals surface area contributed by atoms with Gasteiger partial charge in [-0.05, 0) is 130 Å². The van der Waals surface area contributed by atoms with Crippen LogP contribution in [0.3, 0.4) is 0 Å². The molecule has 0 bridgehead atoms. The second-order valence-corrected chi connectivity index (χ2v) is 20.4. The number of hydrogen-bond donors (Lipinski definition) is 10. The Morgan fingerprint density at radius 2 is 1.17 bits per heavy atom. The number of nitrogens with two attached hydrogens (primary N) is 7. The van der Waals surface area contributed by atoms with Gasteiger partial charge in [0.1, 0.15) is 35.2 Å². The van der Waals surface area contributed by atoms with Gasteiger partial charge in [-0.25, -0.2) is 19.6 Å². The van der Waals surface area contributed by atoms with Gasteiger partial charge < -0.3 is 65.0 Å². The van der Waals surface area contributed by atoms with E-state index in [0.29, 0.717) is 117 Å². The molecule has 5 amide bonds. The Hall–Kier alpha value is -6.37. The number of rotatable bonds is 32. The number of unbranched alkanes of at least 4 members (excludes halogenated alkanes) is 5. The highest BCUT2D eigenvalue weighted by Gasteiger charge is 2.20. The van der Waals surface area contributed by atoms with Crippen molar-refractivity contribution in [2.24, 2.45) is 43.6 Å². The third kappa shape index (κ3) is 30.6. The van der Waals surface area contributed by atoms with Crippen LogP contribution in [0.2, 0.25) is 5.15 Å². The average Bonchev–Trinajstić information content (AvgIpc) is 3.31. The lowest BCUT2D eigenvalue weighted by Crippen LogP contribution is -2.42. The molecule has 17 N–H and O–H groups in total. The quantitative estimate of drug-likeness (QED) is 0.0279. The number of carbonyl (C=O) groups excluding carboxylic acids is 5. The zero-order chi connectivity index (χ0) is 56.0. The third-order valence-corrected chi connectivity index (χ3v) is 11.1. The molecule has 1 aromatic carbocycles. The fourth-order valence-corrected chi connectivity index (χ4v) is 7.13.